The third-order valence-corrected chi connectivity index (χ3v) is 5.70. The Hall–Kier alpha value is -0.860. The second-order valence-corrected chi connectivity index (χ2v) is 7.65. The van der Waals surface area contributed by atoms with Crippen molar-refractivity contribution in [3.05, 3.63) is 35.9 Å². The van der Waals surface area contributed by atoms with E-state index in [9.17, 15) is 0 Å². The van der Waals surface area contributed by atoms with E-state index >= 15 is 0 Å². The first-order valence-corrected chi connectivity index (χ1v) is 9.76. The number of hydrogen-bond donors (Lipinski definition) is 2. The van der Waals surface area contributed by atoms with Gasteiger partial charge < -0.3 is 15.4 Å². The number of benzene rings is 1. The van der Waals surface area contributed by atoms with E-state index in [0.29, 0.717) is 11.5 Å². The molecule has 0 heterocycles. The maximum Gasteiger partial charge on any atom is 0.191 e. The molecule has 0 aliphatic heterocycles. The predicted molar refractivity (Wildman–Crippen MR) is 125 cm³/mol. The first kappa shape index (κ1) is 24.2. The number of halogens is 1. The summed E-state index contributed by atoms with van der Waals surface area (Å²) in [5, 5.41) is 7.01. The molecule has 5 nitrogen and oxygen atoms in total. The lowest BCUT2D eigenvalue weighted by atomic mass is 9.67. The molecule has 27 heavy (non-hydrogen) atoms. The summed E-state index contributed by atoms with van der Waals surface area (Å²) >= 11 is 0. The summed E-state index contributed by atoms with van der Waals surface area (Å²) in [6.45, 7) is 5.89. The summed E-state index contributed by atoms with van der Waals surface area (Å²) < 4.78 is 5.28. The minimum Gasteiger partial charge on any atom is -0.385 e. The fourth-order valence-electron chi connectivity index (χ4n) is 3.43. The van der Waals surface area contributed by atoms with Gasteiger partial charge in [-0.3, -0.25) is 9.89 Å². The van der Waals surface area contributed by atoms with Crippen LogP contribution in [0.1, 0.15) is 38.2 Å². The minimum absolute atomic E-state index is 0. The monoisotopic (exact) mass is 488 g/mol. The summed E-state index contributed by atoms with van der Waals surface area (Å²) in [5.74, 6) is 0.897. The van der Waals surface area contributed by atoms with Gasteiger partial charge in [-0.2, -0.15) is 0 Å². The zero-order valence-electron chi connectivity index (χ0n) is 17.3. The van der Waals surface area contributed by atoms with Gasteiger partial charge in [0.15, 0.2) is 5.96 Å². The van der Waals surface area contributed by atoms with Crippen LogP contribution in [0.15, 0.2) is 35.3 Å². The Kier molecular flexibility index (Phi) is 11.3. The number of nitrogens with zero attached hydrogens (tertiary/aromatic N) is 2. The maximum absolute atomic E-state index is 5.28. The second kappa shape index (κ2) is 12.6. The number of hydrogen-bond acceptors (Lipinski definition) is 3. The Labute approximate surface area is 182 Å². The van der Waals surface area contributed by atoms with Gasteiger partial charge in [-0.15, -0.1) is 24.0 Å². The summed E-state index contributed by atoms with van der Waals surface area (Å²) in [5.41, 5.74) is 1.73. The van der Waals surface area contributed by atoms with E-state index in [2.05, 4.69) is 64.8 Å². The molecule has 0 radical (unpaired) electrons. The molecule has 0 saturated heterocycles. The van der Waals surface area contributed by atoms with E-state index in [0.717, 1.165) is 38.6 Å². The fourth-order valence-corrected chi connectivity index (χ4v) is 3.43. The number of ether oxygens (including phenoxy) is 1. The highest BCUT2D eigenvalue weighted by molar-refractivity contribution is 14.0. The number of aliphatic imine (C=N–C) groups is 1. The molecule has 0 spiro atoms. The SMILES string of the molecule is CN=C(NCC(C)N(C)Cc1ccccc1)NCC1(CCOC)CCC1.I. The molecule has 154 valence electrons. The van der Waals surface area contributed by atoms with Gasteiger partial charge in [-0.1, -0.05) is 36.8 Å². The van der Waals surface area contributed by atoms with E-state index in [1.54, 1.807) is 7.11 Å². The summed E-state index contributed by atoms with van der Waals surface area (Å²) in [6.07, 6.45) is 5.04. The van der Waals surface area contributed by atoms with Crippen LogP contribution in [0, 0.1) is 5.41 Å². The van der Waals surface area contributed by atoms with E-state index < -0.39 is 0 Å². The third-order valence-electron chi connectivity index (χ3n) is 5.70. The molecule has 1 aromatic carbocycles. The average Bonchev–Trinajstić information content (AvgIpc) is 2.63. The highest BCUT2D eigenvalue weighted by Crippen LogP contribution is 2.43. The van der Waals surface area contributed by atoms with Gasteiger partial charge in [0.25, 0.3) is 0 Å². The first-order valence-electron chi connectivity index (χ1n) is 9.76. The molecule has 1 aromatic rings. The van der Waals surface area contributed by atoms with Gasteiger partial charge in [-0.25, -0.2) is 0 Å². The van der Waals surface area contributed by atoms with Crippen LogP contribution in [0.3, 0.4) is 0 Å². The molecule has 2 rings (SSSR count). The van der Waals surface area contributed by atoms with Crippen LogP contribution in [0.4, 0.5) is 0 Å². The Balaban J connectivity index is 0.00000364. The van der Waals surface area contributed by atoms with Crippen molar-refractivity contribution in [1.82, 2.24) is 15.5 Å². The van der Waals surface area contributed by atoms with Crippen LogP contribution >= 0.6 is 24.0 Å². The van der Waals surface area contributed by atoms with Crippen molar-refractivity contribution in [2.45, 2.75) is 45.2 Å². The number of nitrogens with one attached hydrogen (secondary N) is 2. The van der Waals surface area contributed by atoms with Crippen LogP contribution in [-0.4, -0.2) is 57.8 Å². The smallest absolute Gasteiger partial charge is 0.191 e. The van der Waals surface area contributed by atoms with E-state index in [1.807, 2.05) is 7.05 Å². The van der Waals surface area contributed by atoms with Crippen LogP contribution in [-0.2, 0) is 11.3 Å². The van der Waals surface area contributed by atoms with Crippen LogP contribution in [0.25, 0.3) is 0 Å². The number of likely N-dealkylation sites (N-methyl/N-ethyl adjacent to an activating group) is 1. The zero-order valence-corrected chi connectivity index (χ0v) is 19.7. The molecule has 1 unspecified atom stereocenters. The standard InChI is InChI=1S/C21H36N4O.HI/c1-18(25(3)16-19-9-6-5-7-10-19)15-23-20(22-2)24-17-21(11-8-12-21)13-14-26-4;/h5-7,9-10,18H,8,11-17H2,1-4H3,(H2,22,23,24);1H. The molecule has 0 amide bonds. The van der Waals surface area contributed by atoms with E-state index in [4.69, 9.17) is 4.74 Å². The van der Waals surface area contributed by atoms with Crippen molar-refractivity contribution in [3.63, 3.8) is 0 Å². The van der Waals surface area contributed by atoms with Gasteiger partial charge in [0, 0.05) is 46.4 Å². The Morgan fingerprint density at radius 1 is 1.26 bits per heavy atom. The Morgan fingerprint density at radius 3 is 2.52 bits per heavy atom. The summed E-state index contributed by atoms with van der Waals surface area (Å²) in [4.78, 5) is 6.75. The molecule has 1 atom stereocenters. The van der Waals surface area contributed by atoms with Gasteiger partial charge in [0.1, 0.15) is 0 Å². The van der Waals surface area contributed by atoms with Crippen LogP contribution in [0.2, 0.25) is 0 Å². The molecule has 1 aliphatic carbocycles. The fraction of sp³-hybridized carbons (Fsp3) is 0.667. The topological polar surface area (TPSA) is 48.9 Å². The molecular formula is C21H37IN4O. The normalized spacial score (nSPS) is 17.0. The summed E-state index contributed by atoms with van der Waals surface area (Å²) in [6, 6.07) is 11.0. The molecule has 0 bridgehead atoms. The minimum atomic E-state index is 0. The number of rotatable bonds is 10. The molecule has 1 fully saturated rings. The van der Waals surface area contributed by atoms with Gasteiger partial charge in [0.05, 0.1) is 0 Å². The predicted octanol–water partition coefficient (Wildman–Crippen LogP) is 3.50. The summed E-state index contributed by atoms with van der Waals surface area (Å²) in [7, 11) is 5.80. The molecule has 0 aromatic heterocycles. The molecule has 1 aliphatic rings. The van der Waals surface area contributed by atoms with Crippen molar-refractivity contribution in [1.29, 1.82) is 0 Å². The average molecular weight is 488 g/mol. The van der Waals surface area contributed by atoms with Gasteiger partial charge in [-0.05, 0) is 44.2 Å². The van der Waals surface area contributed by atoms with Gasteiger partial charge in [0.2, 0.25) is 0 Å². The quantitative estimate of drug-likeness (QED) is 0.301. The van der Waals surface area contributed by atoms with E-state index in [-0.39, 0.29) is 24.0 Å². The number of methoxy groups -OCH3 is 1. The third kappa shape index (κ3) is 7.95. The van der Waals surface area contributed by atoms with Gasteiger partial charge >= 0.3 is 0 Å². The van der Waals surface area contributed by atoms with Crippen LogP contribution in [0.5, 0.6) is 0 Å². The highest BCUT2D eigenvalue weighted by Gasteiger charge is 2.36. The lowest BCUT2D eigenvalue weighted by molar-refractivity contribution is 0.0732. The lowest BCUT2D eigenvalue weighted by Gasteiger charge is -2.42. The van der Waals surface area contributed by atoms with Crippen molar-refractivity contribution < 1.29 is 4.74 Å². The Bertz CT molecular complexity index is 548. The number of guanidine groups is 1. The largest absolute Gasteiger partial charge is 0.385 e. The van der Waals surface area contributed by atoms with Crippen molar-refractivity contribution in [3.8, 4) is 0 Å². The zero-order chi connectivity index (χ0) is 18.8. The van der Waals surface area contributed by atoms with E-state index in [1.165, 1.54) is 24.8 Å². The molecule has 1 saturated carbocycles. The van der Waals surface area contributed by atoms with Crippen molar-refractivity contribution >= 4 is 29.9 Å². The lowest BCUT2D eigenvalue weighted by Crippen LogP contribution is -2.49. The first-order chi connectivity index (χ1) is 12.6. The van der Waals surface area contributed by atoms with Crippen molar-refractivity contribution in [2.75, 3.05) is 40.9 Å². The second-order valence-electron chi connectivity index (χ2n) is 7.65. The molecule has 2 N–H and O–H groups in total. The highest BCUT2D eigenvalue weighted by atomic mass is 127. The molecular weight excluding hydrogens is 451 g/mol. The van der Waals surface area contributed by atoms with Crippen LogP contribution < -0.4 is 10.6 Å². The Morgan fingerprint density at radius 2 is 1.96 bits per heavy atom. The molecule has 6 heteroatoms. The van der Waals surface area contributed by atoms with Crippen molar-refractivity contribution in [2.24, 2.45) is 10.4 Å². The maximum atomic E-state index is 5.28.